The first-order valence-electron chi connectivity index (χ1n) is 12.1. The molecule has 0 spiro atoms. The zero-order valence-electron chi connectivity index (χ0n) is 20.8. The van der Waals surface area contributed by atoms with E-state index in [1.54, 1.807) is 12.1 Å². The zero-order chi connectivity index (χ0) is 27.3. The highest BCUT2D eigenvalue weighted by Crippen LogP contribution is 2.32. The van der Waals surface area contributed by atoms with Gasteiger partial charge in [0.2, 0.25) is 11.8 Å². The summed E-state index contributed by atoms with van der Waals surface area (Å²) < 4.78 is 25.7. The minimum Gasteiger partial charge on any atom is -0.450 e. The van der Waals surface area contributed by atoms with Crippen molar-refractivity contribution in [2.24, 2.45) is 0 Å². The van der Waals surface area contributed by atoms with Gasteiger partial charge in [-0.25, -0.2) is 4.79 Å². The van der Waals surface area contributed by atoms with E-state index in [1.165, 1.54) is 6.07 Å². The number of rotatable bonds is 17. The number of nitrogens with zero attached hydrogens (tertiary/aromatic N) is 1. The molecule has 3 N–H and O–H groups in total. The molecule has 0 bridgehead atoms. The summed E-state index contributed by atoms with van der Waals surface area (Å²) in [6.45, 7) is 2.96. The van der Waals surface area contributed by atoms with Gasteiger partial charge in [-0.1, -0.05) is 6.07 Å². The number of carbonyl (C=O) groups is 5. The highest BCUT2D eigenvalue weighted by atomic mass is 16.7. The third kappa shape index (κ3) is 8.21. The highest BCUT2D eigenvalue weighted by molar-refractivity contribution is 6.25. The van der Waals surface area contributed by atoms with Crippen LogP contribution < -0.4 is 10.6 Å². The van der Waals surface area contributed by atoms with Gasteiger partial charge >= 0.3 is 6.16 Å². The lowest BCUT2D eigenvalue weighted by Crippen LogP contribution is -2.54. The Morgan fingerprint density at radius 1 is 0.895 bits per heavy atom. The molecule has 1 saturated heterocycles. The van der Waals surface area contributed by atoms with Gasteiger partial charge in [0.15, 0.2) is 0 Å². The molecule has 208 valence electrons. The lowest BCUT2D eigenvalue weighted by molar-refractivity contribution is -0.136. The predicted molar refractivity (Wildman–Crippen MR) is 129 cm³/mol. The number of amides is 4. The molecule has 2 aliphatic heterocycles. The molecule has 14 heteroatoms. The largest absolute Gasteiger partial charge is 0.505 e. The van der Waals surface area contributed by atoms with Crippen LogP contribution in [0.25, 0.3) is 0 Å². The van der Waals surface area contributed by atoms with Crippen molar-refractivity contribution in [2.45, 2.75) is 18.9 Å². The fourth-order valence-corrected chi connectivity index (χ4v) is 3.87. The molecule has 1 atom stereocenters. The maximum Gasteiger partial charge on any atom is 0.505 e. The van der Waals surface area contributed by atoms with Crippen LogP contribution in [0.15, 0.2) is 18.2 Å². The fraction of sp³-hybridized carbons (Fsp3) is 0.542. The molecule has 1 unspecified atom stereocenters. The van der Waals surface area contributed by atoms with Crippen LogP contribution in [0.2, 0.25) is 0 Å². The number of imide groups is 2. The number of fused-ring (bicyclic) bond motifs is 1. The van der Waals surface area contributed by atoms with E-state index in [0.717, 1.165) is 4.90 Å². The molecule has 2 heterocycles. The standard InChI is InChI=1S/C24H31N3O11/c28-19-5-4-18(21(29)26-19)27-22(30)16-2-1-3-17(20(16)23(27)31)25-6-7-34-8-9-35-10-11-36-12-13-37-14-15-38-24(32)33/h1-3,18,25H,4-15H2,(H,32,33)(H,26,28,29). The first-order valence-corrected chi connectivity index (χ1v) is 12.1. The Morgan fingerprint density at radius 2 is 1.50 bits per heavy atom. The number of carbonyl (C=O) groups excluding carboxylic acids is 4. The number of carboxylic acid groups (broad SMARTS) is 1. The summed E-state index contributed by atoms with van der Waals surface area (Å²) in [5.41, 5.74) is 0.871. The number of benzene rings is 1. The second kappa shape index (κ2) is 15.0. The first kappa shape index (κ1) is 29.0. The fourth-order valence-electron chi connectivity index (χ4n) is 3.87. The Hall–Kier alpha value is -3.59. The average molecular weight is 538 g/mol. The van der Waals surface area contributed by atoms with Crippen LogP contribution in [0.4, 0.5) is 10.5 Å². The molecule has 0 radical (unpaired) electrons. The SMILES string of the molecule is O=C1CCC(N2C(=O)c3cccc(NCCOCCOCCOCCOCCOC(=O)O)c3C2=O)C(=O)N1. The molecule has 0 aliphatic carbocycles. The van der Waals surface area contributed by atoms with Crippen LogP contribution in [0.3, 0.4) is 0 Å². The van der Waals surface area contributed by atoms with Gasteiger partial charge in [-0.15, -0.1) is 0 Å². The second-order valence-electron chi connectivity index (χ2n) is 8.17. The Bertz CT molecular complexity index is 1020. The number of hydrogen-bond acceptors (Lipinski definition) is 11. The summed E-state index contributed by atoms with van der Waals surface area (Å²) in [6, 6.07) is 3.85. The summed E-state index contributed by atoms with van der Waals surface area (Å²) in [7, 11) is 0. The molecular weight excluding hydrogens is 506 g/mol. The smallest absolute Gasteiger partial charge is 0.450 e. The molecule has 0 aromatic heterocycles. The van der Waals surface area contributed by atoms with Gasteiger partial charge in [0.1, 0.15) is 12.6 Å². The van der Waals surface area contributed by atoms with E-state index in [1.807, 2.05) is 0 Å². The minimum atomic E-state index is -1.34. The number of anilines is 1. The summed E-state index contributed by atoms with van der Waals surface area (Å²) in [4.78, 5) is 60.6. The number of piperidine rings is 1. The quantitative estimate of drug-likeness (QED) is 0.140. The van der Waals surface area contributed by atoms with E-state index in [0.29, 0.717) is 58.5 Å². The van der Waals surface area contributed by atoms with Gasteiger partial charge in [0.25, 0.3) is 11.8 Å². The van der Waals surface area contributed by atoms with Crippen molar-refractivity contribution in [2.75, 3.05) is 71.3 Å². The molecule has 1 aromatic carbocycles. The molecule has 3 rings (SSSR count). The van der Waals surface area contributed by atoms with Gasteiger partial charge in [-0.2, -0.15) is 0 Å². The number of hydrogen-bond donors (Lipinski definition) is 3. The molecule has 4 amide bonds. The predicted octanol–water partition coefficient (Wildman–Crippen LogP) is 0.261. The van der Waals surface area contributed by atoms with Crippen LogP contribution in [0.1, 0.15) is 33.6 Å². The Morgan fingerprint density at radius 3 is 2.11 bits per heavy atom. The van der Waals surface area contributed by atoms with Gasteiger partial charge in [0.05, 0.1) is 64.0 Å². The van der Waals surface area contributed by atoms with E-state index in [2.05, 4.69) is 15.4 Å². The summed E-state index contributed by atoms with van der Waals surface area (Å²) in [5.74, 6) is -2.20. The van der Waals surface area contributed by atoms with Crippen molar-refractivity contribution in [3.8, 4) is 0 Å². The molecule has 2 aliphatic rings. The van der Waals surface area contributed by atoms with Gasteiger partial charge in [0, 0.05) is 18.7 Å². The van der Waals surface area contributed by atoms with Crippen LogP contribution in [-0.4, -0.2) is 112 Å². The summed E-state index contributed by atoms with van der Waals surface area (Å²) in [6.07, 6.45) is -1.18. The van der Waals surface area contributed by atoms with E-state index in [9.17, 15) is 24.0 Å². The summed E-state index contributed by atoms with van der Waals surface area (Å²) in [5, 5.41) is 13.6. The topological polar surface area (TPSA) is 179 Å². The zero-order valence-corrected chi connectivity index (χ0v) is 20.8. The van der Waals surface area contributed by atoms with Gasteiger partial charge in [-0.3, -0.25) is 29.4 Å². The molecule has 14 nitrogen and oxygen atoms in total. The van der Waals surface area contributed by atoms with E-state index in [4.69, 9.17) is 24.1 Å². The van der Waals surface area contributed by atoms with Gasteiger partial charge in [-0.05, 0) is 18.6 Å². The average Bonchev–Trinajstić information content (AvgIpc) is 3.14. The van der Waals surface area contributed by atoms with Crippen LogP contribution in [0, 0.1) is 0 Å². The number of nitrogens with one attached hydrogen (secondary N) is 2. The van der Waals surface area contributed by atoms with Crippen molar-refractivity contribution in [3.05, 3.63) is 29.3 Å². The third-order valence-electron chi connectivity index (χ3n) is 5.60. The number of ether oxygens (including phenoxy) is 5. The second-order valence-corrected chi connectivity index (χ2v) is 8.17. The maximum atomic E-state index is 13.0. The van der Waals surface area contributed by atoms with Crippen molar-refractivity contribution in [1.29, 1.82) is 0 Å². The summed E-state index contributed by atoms with van der Waals surface area (Å²) >= 11 is 0. The molecule has 0 saturated carbocycles. The van der Waals surface area contributed by atoms with Crippen LogP contribution >= 0.6 is 0 Å². The first-order chi connectivity index (χ1) is 18.4. The van der Waals surface area contributed by atoms with E-state index >= 15 is 0 Å². The molecule has 1 aromatic rings. The Balaban J connectivity index is 1.27. The third-order valence-corrected chi connectivity index (χ3v) is 5.60. The monoisotopic (exact) mass is 537 g/mol. The van der Waals surface area contributed by atoms with Gasteiger partial charge < -0.3 is 34.1 Å². The normalized spacial score (nSPS) is 16.9. The van der Waals surface area contributed by atoms with E-state index in [-0.39, 0.29) is 37.2 Å². The van der Waals surface area contributed by atoms with Crippen molar-refractivity contribution < 1.29 is 52.8 Å². The lowest BCUT2D eigenvalue weighted by atomic mass is 10.0. The molecule has 38 heavy (non-hydrogen) atoms. The lowest BCUT2D eigenvalue weighted by Gasteiger charge is -2.27. The maximum absolute atomic E-state index is 13.0. The van der Waals surface area contributed by atoms with Crippen molar-refractivity contribution >= 4 is 35.5 Å². The van der Waals surface area contributed by atoms with Crippen molar-refractivity contribution in [3.63, 3.8) is 0 Å². The van der Waals surface area contributed by atoms with E-state index < -0.39 is 35.8 Å². The van der Waals surface area contributed by atoms with Crippen LogP contribution in [-0.2, 0) is 33.3 Å². The van der Waals surface area contributed by atoms with Crippen molar-refractivity contribution in [1.82, 2.24) is 10.2 Å². The van der Waals surface area contributed by atoms with Crippen LogP contribution in [0.5, 0.6) is 0 Å². The molecular formula is C24H31N3O11. The minimum absolute atomic E-state index is 0.0253. The Kier molecular flexibility index (Phi) is 11.4. The molecule has 1 fully saturated rings. The Labute approximate surface area is 218 Å². The highest BCUT2D eigenvalue weighted by Gasteiger charge is 2.45.